The quantitative estimate of drug-likeness (QED) is 0.00864. The van der Waals surface area contributed by atoms with E-state index in [0.29, 0.717) is 11.1 Å². The van der Waals surface area contributed by atoms with Crippen LogP contribution >= 0.6 is 57.9 Å². The SMILES string of the molecule is CN[C@H](CC(C)C)C(=O)N[C@H]1C(=O)N[C@@H](CC(N)=O)C(=O)N[C@H]2C(=O)NC3C(=O)NC(C(=O)N[C@H](C(=O)O)c4cc(O)c(CNCCNC(=O)CCCCC(=O)NCc5ccc[n+](CC6=C(C(=O)O)N7C(=O)[C@@H](NC(=O)/C(=N\OC)c8nc(N)sc8Cl)[C@H]7SC6)c5)c(O)c4-c4cc3ccc4O)[C@H](O)c3ccc(c(Cl)c3)Oc3cc2cc(c3O[C@@H]2O[C@H](CO)[C@@H](O)[C@H](O)[C@H]2O[C@H]2C[C@](C)(N)[C@H](O)[C@H](C)O2)Oc2ccc(cc2Cl)[C@H]1O. The summed E-state index contributed by atoms with van der Waals surface area (Å²) in [5.74, 6) is -20.6. The lowest BCUT2D eigenvalue weighted by molar-refractivity contribution is -0.689. The maximum absolute atomic E-state index is 16.4. The third kappa shape index (κ3) is 25.2. The number of nitrogen functional groups attached to an aromatic ring is 1. The van der Waals surface area contributed by atoms with Gasteiger partial charge in [-0.1, -0.05) is 83.3 Å². The molecule has 54 heteroatoms. The number of hydrogen-bond donors (Lipinski definition) is 25. The predicted molar refractivity (Wildman–Crippen MR) is 526 cm³/mol. The number of fused-ring (bicyclic) bond motifs is 16. The Balaban J connectivity index is 0.738. The summed E-state index contributed by atoms with van der Waals surface area (Å²) in [6, 6.07) is -0.164. The number of thioether (sulfide) groups is 1. The Morgan fingerprint density at radius 1 is 0.738 bits per heavy atom. The number of unbranched alkanes of at least 4 members (excludes halogenated alkanes) is 1. The van der Waals surface area contributed by atoms with Crippen LogP contribution in [0.4, 0.5) is 5.13 Å². The van der Waals surface area contributed by atoms with Gasteiger partial charge in [-0.2, -0.15) is 0 Å². The number of likely N-dealkylation sites (N-methyl/N-ethyl adjacent to an activating group) is 1. The Morgan fingerprint density at radius 2 is 1.39 bits per heavy atom. The molecular weight excluding hydrogens is 2060 g/mol. The number of aliphatic carboxylic acids is 2. The van der Waals surface area contributed by atoms with Crippen molar-refractivity contribution in [2.24, 2.45) is 22.5 Å². The molecule has 28 N–H and O–H groups in total. The number of nitrogens with zero attached hydrogens (tertiary/aromatic N) is 4. The molecule has 11 heterocycles. The molecule has 11 bridgehead atoms. The van der Waals surface area contributed by atoms with E-state index < -0.39 is 295 Å². The van der Waals surface area contributed by atoms with Gasteiger partial charge in [0, 0.05) is 90.6 Å². The van der Waals surface area contributed by atoms with Gasteiger partial charge in [-0.15, -0.1) is 11.8 Å². The number of ether oxygens (including phenoxy) is 6. The third-order valence-corrected chi connectivity index (χ3v) is 28.6. The molecule has 0 spiro atoms. The van der Waals surface area contributed by atoms with Crippen LogP contribution in [0.15, 0.2) is 114 Å². The minimum Gasteiger partial charge on any atom is -0.507 e. The highest BCUT2D eigenvalue weighted by atomic mass is 35.5. The number of nitrogens with two attached hydrogens (primary N) is 3. The van der Waals surface area contributed by atoms with Crippen LogP contribution in [0.3, 0.4) is 0 Å². The molecule has 5 aromatic carbocycles. The Hall–Kier alpha value is -13.5. The molecule has 11 amide bonds. The maximum Gasteiger partial charge on any atom is 0.352 e. The van der Waals surface area contributed by atoms with Crippen molar-refractivity contribution in [3.8, 4) is 57.1 Å². The number of aliphatic hydroxyl groups excluding tert-OH is 6. The molecule has 9 aliphatic heterocycles. The van der Waals surface area contributed by atoms with Crippen molar-refractivity contribution in [1.82, 2.24) is 68.4 Å². The summed E-state index contributed by atoms with van der Waals surface area (Å²) in [6.45, 7) is 4.93. The van der Waals surface area contributed by atoms with Crippen molar-refractivity contribution in [1.29, 1.82) is 0 Å². The first-order valence-electron chi connectivity index (χ1n) is 46.7. The lowest BCUT2D eigenvalue weighted by Crippen LogP contribution is -2.71. The second-order valence-electron chi connectivity index (χ2n) is 36.8. The molecule has 20 atom stereocenters. The highest BCUT2D eigenvalue weighted by Crippen LogP contribution is 2.52. The molecule has 3 saturated heterocycles. The molecule has 0 saturated carbocycles. The molecule has 16 rings (SSSR count). The number of pyridine rings is 1. The molecule has 0 aliphatic carbocycles. The number of carbonyl (C=O) groups excluding carboxylic acids is 11. The largest absolute Gasteiger partial charge is 0.507 e. The van der Waals surface area contributed by atoms with Crippen molar-refractivity contribution < 1.29 is 156 Å². The molecule has 149 heavy (non-hydrogen) atoms. The number of carboxylic acid groups (broad SMARTS) is 2. The first kappa shape index (κ1) is 111. The van der Waals surface area contributed by atoms with Gasteiger partial charge >= 0.3 is 11.9 Å². The lowest BCUT2D eigenvalue weighted by Gasteiger charge is -2.49. The normalized spacial score (nSPS) is 25.7. The second kappa shape index (κ2) is 47.6. The number of phenolic OH excluding ortho intramolecular Hbond substituents is 3. The topological polar surface area (TPSA) is 752 Å². The summed E-state index contributed by atoms with van der Waals surface area (Å²) < 4.78 is 40.4. The number of benzene rings is 5. The molecule has 2 unspecified atom stereocenters. The molecule has 7 aromatic rings. The highest BCUT2D eigenvalue weighted by Gasteiger charge is 2.57. The Bertz CT molecular complexity index is 6440. The number of aliphatic hydroxyl groups is 6. The van der Waals surface area contributed by atoms with E-state index >= 15 is 24.0 Å². The summed E-state index contributed by atoms with van der Waals surface area (Å²) in [7, 11) is 2.64. The van der Waals surface area contributed by atoms with Crippen molar-refractivity contribution in [2.45, 2.75) is 213 Å². The number of aromatic nitrogens is 2. The van der Waals surface area contributed by atoms with Gasteiger partial charge < -0.3 is 165 Å². The van der Waals surface area contributed by atoms with E-state index in [0.717, 1.165) is 76.9 Å². The van der Waals surface area contributed by atoms with Gasteiger partial charge in [-0.3, -0.25) is 57.6 Å². The van der Waals surface area contributed by atoms with Crippen LogP contribution in [-0.4, -0.2) is 279 Å². The predicted octanol–water partition coefficient (Wildman–Crippen LogP) is -0.0423. The average Bonchev–Trinajstić information content (AvgIpc) is 0.843. The number of amides is 11. The summed E-state index contributed by atoms with van der Waals surface area (Å²) >= 11 is 22.7. The van der Waals surface area contributed by atoms with Crippen LogP contribution in [0, 0.1) is 5.92 Å². The molecule has 2 aromatic heterocycles. The standard InChI is InChI=1S/C95H109Cl3N18O31S2/c1-37(2)22-50(102-5)82(129)110-69-73(123)41-14-17-54(48(96)24-41)143-56-26-43-27-57(78(56)147-93-79(77(127)76(126)58(35-117)145-93)146-62-30-95(4,101)80(128)38(3)142-62)144-55-18-15-42(25-49(55)97)74(124)70-88(135)109-66(91(137)138)46-28-53(119)47(75(125)63(46)45-23-40(13-16-52(45)118)64(84(131)111-70)108-85(132)65(43)107-83(130)51(29-59(99)120)106-87(69)134)32-103-19-20-104-60(121)11-7-8-12-61(122)105-31-39-10-9-21-115(33-39)34-44-36-148-90-71(89(136)116(90)72(44)92(139)140)112-86(133)68(114-141-6)67-81(98)149-94(100)113-67/h9-10,13-18,21,23-28,33,37-38,50-51,58,62,64-66,69-71,73-74,76-77,79-80,90,93,102-103,117,123-124,126-128H,7-8,11-12,19-20,22,29-32,34-36,101H2,1-6H3,(H17-,99,100,104,105,106,107,108,109,110,111,112,113,114,118,119,120,121,122,125,129,130,131,132,133,134,135,137,138,139,140)/p+1/t38-,50+,51-,58+,62-,64?,65+,66-,69+,70?,71+,73+,74+,76+,77-,79+,80+,90+,93-,95-/m0/s1. The molecule has 0 radical (unpaired) electrons. The monoisotopic (exact) mass is 2170 g/mol. The summed E-state index contributed by atoms with van der Waals surface area (Å²) in [5, 5.41) is 160. The number of rotatable bonds is 32. The van der Waals surface area contributed by atoms with Gasteiger partial charge in [-0.25, -0.2) is 19.1 Å². The van der Waals surface area contributed by atoms with E-state index in [4.69, 9.17) is 85.3 Å². The van der Waals surface area contributed by atoms with Crippen molar-refractivity contribution in [3.05, 3.63) is 168 Å². The number of halogens is 3. The van der Waals surface area contributed by atoms with Gasteiger partial charge in [0.1, 0.15) is 124 Å². The molecule has 9 aliphatic rings. The number of carboxylic acids is 2. The van der Waals surface area contributed by atoms with Gasteiger partial charge in [0.2, 0.25) is 65.2 Å². The lowest BCUT2D eigenvalue weighted by atomic mass is 9.86. The zero-order chi connectivity index (χ0) is 108. The molecule has 3 fully saturated rings. The van der Waals surface area contributed by atoms with Crippen molar-refractivity contribution in [2.75, 3.05) is 45.3 Å². The number of anilines is 1. The first-order chi connectivity index (χ1) is 70.7. The van der Waals surface area contributed by atoms with Crippen molar-refractivity contribution in [3.63, 3.8) is 0 Å². The zero-order valence-electron chi connectivity index (χ0n) is 80.2. The Labute approximate surface area is 870 Å². The zero-order valence-corrected chi connectivity index (χ0v) is 84.1. The number of phenols is 3. The number of hydrogen-bond acceptors (Lipinski definition) is 37. The fourth-order valence-corrected chi connectivity index (χ4v) is 20.7. The summed E-state index contributed by atoms with van der Waals surface area (Å²) in [6.07, 6.45) is -15.4. The highest BCUT2D eigenvalue weighted by molar-refractivity contribution is 8.00. The number of primary amides is 1. The average molecular weight is 2170 g/mol. The number of β-lactam (4-membered cyclic amide) rings is 1. The van der Waals surface area contributed by atoms with Crippen LogP contribution in [-0.2, 0) is 101 Å². The van der Waals surface area contributed by atoms with Crippen LogP contribution in [0.2, 0.25) is 14.4 Å². The minimum absolute atomic E-state index is 0.00271. The smallest absolute Gasteiger partial charge is 0.352 e. The van der Waals surface area contributed by atoms with E-state index in [-0.39, 0.29) is 126 Å². The fourth-order valence-electron chi connectivity index (χ4n) is 18.0. The van der Waals surface area contributed by atoms with Crippen LogP contribution < -0.4 is 94.5 Å². The Kier molecular flexibility index (Phi) is 35.5. The Morgan fingerprint density at radius 3 is 2.01 bits per heavy atom. The summed E-state index contributed by atoms with van der Waals surface area (Å²) in [4.78, 5) is 196. The van der Waals surface area contributed by atoms with Gasteiger partial charge in [0.05, 0.1) is 46.9 Å². The van der Waals surface area contributed by atoms with E-state index in [1.807, 2.05) is 0 Å². The number of oxime groups is 1. The van der Waals surface area contributed by atoms with E-state index in [9.17, 15) is 94.5 Å². The van der Waals surface area contributed by atoms with E-state index in [2.05, 4.69) is 68.6 Å². The van der Waals surface area contributed by atoms with Gasteiger partial charge in [0.25, 0.3) is 11.8 Å². The third-order valence-electron chi connectivity index (χ3n) is 25.6. The van der Waals surface area contributed by atoms with Crippen LogP contribution in [0.5, 0.6) is 46.0 Å². The molecular formula is C95H110Cl3N18O31S2+. The minimum atomic E-state index is -2.44. The number of thiazole rings is 1. The molecule has 49 nitrogen and oxygen atoms in total. The van der Waals surface area contributed by atoms with Crippen LogP contribution in [0.1, 0.15) is 148 Å². The van der Waals surface area contributed by atoms with E-state index in [1.165, 1.54) is 51.9 Å². The van der Waals surface area contributed by atoms with E-state index in [1.54, 1.807) is 42.9 Å². The van der Waals surface area contributed by atoms with Crippen molar-refractivity contribution >= 4 is 146 Å². The van der Waals surface area contributed by atoms with Gasteiger partial charge in [-0.05, 0) is 129 Å². The number of aromatic hydroxyl groups is 3. The van der Waals surface area contributed by atoms with Gasteiger partial charge in [0.15, 0.2) is 59.7 Å². The maximum atomic E-state index is 16.4. The first-order valence-corrected chi connectivity index (χ1v) is 49.7. The fraction of sp³-hybridized carbons (Fsp3) is 0.432. The number of carbonyl (C=O) groups is 13. The second-order valence-corrected chi connectivity index (χ2v) is 40.3. The number of nitrogens with one attached hydrogen (secondary N) is 11. The van der Waals surface area contributed by atoms with Crippen LogP contribution in [0.25, 0.3) is 11.1 Å². The molecule has 798 valence electrons. The summed E-state index contributed by atoms with van der Waals surface area (Å²) in [5.41, 5.74) is 13.2.